The Kier molecular flexibility index (Phi) is 2.43. The summed E-state index contributed by atoms with van der Waals surface area (Å²) in [5, 5.41) is 7.77. The molecule has 60 valence electrons. The van der Waals surface area contributed by atoms with Gasteiger partial charge in [0.2, 0.25) is 0 Å². The van der Waals surface area contributed by atoms with Gasteiger partial charge in [0, 0.05) is 5.75 Å². The van der Waals surface area contributed by atoms with Crippen molar-refractivity contribution in [2.24, 2.45) is 5.92 Å². The normalized spacial score (nSPS) is 18.2. The van der Waals surface area contributed by atoms with Crippen LogP contribution in [0.1, 0.15) is 19.3 Å². The Bertz CT molecular complexity index is 206. The van der Waals surface area contributed by atoms with Gasteiger partial charge in [-0.05, 0) is 18.8 Å². The average molecular weight is 186 g/mol. The molecule has 1 heterocycles. The van der Waals surface area contributed by atoms with Gasteiger partial charge in [-0.2, -0.15) is 0 Å². The number of rotatable bonds is 3. The Labute approximate surface area is 74.4 Å². The van der Waals surface area contributed by atoms with Crippen LogP contribution in [-0.4, -0.2) is 16.0 Å². The summed E-state index contributed by atoms with van der Waals surface area (Å²) in [4.78, 5) is 0. The highest BCUT2D eigenvalue weighted by molar-refractivity contribution is 8.01. The lowest BCUT2D eigenvalue weighted by molar-refractivity contribution is 0.353. The first-order valence-corrected chi connectivity index (χ1v) is 5.70. The highest BCUT2D eigenvalue weighted by Gasteiger charge is 2.17. The van der Waals surface area contributed by atoms with E-state index in [1.165, 1.54) is 25.0 Å². The van der Waals surface area contributed by atoms with Crippen LogP contribution in [0.25, 0.3) is 0 Å². The van der Waals surface area contributed by atoms with Crippen molar-refractivity contribution in [3.63, 3.8) is 0 Å². The molecule has 0 amide bonds. The van der Waals surface area contributed by atoms with Crippen molar-refractivity contribution in [2.45, 2.75) is 23.6 Å². The molecule has 0 spiro atoms. The standard InChI is InChI=1S/C7H10N2S2/c1-2-6(3-1)4-10-7-9-8-5-11-7/h5-6H,1-4H2. The van der Waals surface area contributed by atoms with Gasteiger partial charge in [0.15, 0.2) is 4.34 Å². The maximum absolute atomic E-state index is 3.98. The van der Waals surface area contributed by atoms with Crippen LogP contribution < -0.4 is 0 Å². The maximum atomic E-state index is 3.98. The van der Waals surface area contributed by atoms with Crippen LogP contribution in [0.15, 0.2) is 9.85 Å². The molecule has 11 heavy (non-hydrogen) atoms. The number of hydrogen-bond donors (Lipinski definition) is 0. The first kappa shape index (κ1) is 7.55. The van der Waals surface area contributed by atoms with Crippen LogP contribution in [-0.2, 0) is 0 Å². The topological polar surface area (TPSA) is 25.8 Å². The summed E-state index contributed by atoms with van der Waals surface area (Å²) in [6.07, 6.45) is 4.28. The van der Waals surface area contributed by atoms with E-state index >= 15 is 0 Å². The van der Waals surface area contributed by atoms with Crippen molar-refractivity contribution in [3.05, 3.63) is 5.51 Å². The fourth-order valence-corrected chi connectivity index (χ4v) is 2.78. The van der Waals surface area contributed by atoms with Crippen molar-refractivity contribution in [1.29, 1.82) is 0 Å². The molecule has 4 heteroatoms. The first-order valence-electron chi connectivity index (χ1n) is 3.84. The molecule has 0 radical (unpaired) electrons. The molecule has 2 rings (SSSR count). The summed E-state index contributed by atoms with van der Waals surface area (Å²) in [6.45, 7) is 0. The smallest absolute Gasteiger partial charge is 0.146 e. The van der Waals surface area contributed by atoms with E-state index in [0.717, 1.165) is 10.3 Å². The Morgan fingerprint density at radius 3 is 3.09 bits per heavy atom. The highest BCUT2D eigenvalue weighted by atomic mass is 32.2. The molecule has 1 aromatic rings. The van der Waals surface area contributed by atoms with E-state index in [0.29, 0.717) is 0 Å². The molecule has 0 unspecified atom stereocenters. The summed E-state index contributed by atoms with van der Waals surface area (Å²) in [5.74, 6) is 2.21. The van der Waals surface area contributed by atoms with Crippen LogP contribution in [0.3, 0.4) is 0 Å². The van der Waals surface area contributed by atoms with Gasteiger partial charge in [-0.15, -0.1) is 10.2 Å². The molecule has 1 fully saturated rings. The third-order valence-electron chi connectivity index (χ3n) is 2.01. The molecular formula is C7H10N2S2. The van der Waals surface area contributed by atoms with Crippen LogP contribution in [0.4, 0.5) is 0 Å². The highest BCUT2D eigenvalue weighted by Crippen LogP contribution is 2.32. The number of thioether (sulfide) groups is 1. The zero-order chi connectivity index (χ0) is 7.52. The summed E-state index contributed by atoms with van der Waals surface area (Å²) >= 11 is 3.50. The van der Waals surface area contributed by atoms with Gasteiger partial charge in [0.1, 0.15) is 5.51 Å². The Hall–Kier alpha value is -0.0900. The fraction of sp³-hybridized carbons (Fsp3) is 0.714. The van der Waals surface area contributed by atoms with Crippen LogP contribution >= 0.6 is 23.1 Å². The lowest BCUT2D eigenvalue weighted by Gasteiger charge is -2.23. The van der Waals surface area contributed by atoms with Crippen molar-refractivity contribution >= 4 is 23.1 Å². The van der Waals surface area contributed by atoms with E-state index in [1.54, 1.807) is 16.8 Å². The Morgan fingerprint density at radius 1 is 1.64 bits per heavy atom. The number of aromatic nitrogens is 2. The predicted octanol–water partition coefficient (Wildman–Crippen LogP) is 2.43. The maximum Gasteiger partial charge on any atom is 0.174 e. The summed E-state index contributed by atoms with van der Waals surface area (Å²) < 4.78 is 1.12. The van der Waals surface area contributed by atoms with Crippen molar-refractivity contribution < 1.29 is 0 Å². The second-order valence-electron chi connectivity index (χ2n) is 2.81. The quantitative estimate of drug-likeness (QED) is 0.678. The molecule has 0 atom stereocenters. The minimum Gasteiger partial charge on any atom is -0.146 e. The minimum absolute atomic E-state index is 0.962. The van der Waals surface area contributed by atoms with Gasteiger partial charge >= 0.3 is 0 Å². The summed E-state index contributed by atoms with van der Waals surface area (Å²) in [6, 6.07) is 0. The molecule has 0 aromatic carbocycles. The van der Waals surface area contributed by atoms with E-state index in [-0.39, 0.29) is 0 Å². The zero-order valence-corrected chi connectivity index (χ0v) is 7.83. The molecule has 1 aromatic heterocycles. The third kappa shape index (κ3) is 1.93. The van der Waals surface area contributed by atoms with Gasteiger partial charge in [0.25, 0.3) is 0 Å². The molecular weight excluding hydrogens is 176 g/mol. The lowest BCUT2D eigenvalue weighted by atomic mass is 9.87. The second-order valence-corrected chi connectivity index (χ2v) is 4.91. The SMILES string of the molecule is c1nnc(SCC2CCC2)s1. The monoisotopic (exact) mass is 186 g/mol. The molecule has 1 saturated carbocycles. The van der Waals surface area contributed by atoms with E-state index in [2.05, 4.69) is 10.2 Å². The summed E-state index contributed by atoms with van der Waals surface area (Å²) in [5.41, 5.74) is 1.79. The molecule has 0 saturated heterocycles. The predicted molar refractivity (Wildman–Crippen MR) is 48.0 cm³/mol. The van der Waals surface area contributed by atoms with E-state index in [1.807, 2.05) is 11.8 Å². The van der Waals surface area contributed by atoms with Gasteiger partial charge in [0.05, 0.1) is 0 Å². The van der Waals surface area contributed by atoms with Crippen molar-refractivity contribution in [2.75, 3.05) is 5.75 Å². The van der Waals surface area contributed by atoms with Gasteiger partial charge in [-0.1, -0.05) is 29.5 Å². The Balaban J connectivity index is 1.74. The molecule has 0 bridgehead atoms. The van der Waals surface area contributed by atoms with Crippen molar-refractivity contribution in [1.82, 2.24) is 10.2 Å². The largest absolute Gasteiger partial charge is 0.174 e. The Morgan fingerprint density at radius 2 is 2.55 bits per heavy atom. The van der Waals surface area contributed by atoms with E-state index in [9.17, 15) is 0 Å². The van der Waals surface area contributed by atoms with Gasteiger partial charge in [-0.25, -0.2) is 0 Å². The second kappa shape index (κ2) is 3.54. The van der Waals surface area contributed by atoms with Gasteiger partial charge < -0.3 is 0 Å². The summed E-state index contributed by atoms with van der Waals surface area (Å²) in [7, 11) is 0. The number of hydrogen-bond acceptors (Lipinski definition) is 4. The van der Waals surface area contributed by atoms with Crippen molar-refractivity contribution in [3.8, 4) is 0 Å². The van der Waals surface area contributed by atoms with Gasteiger partial charge in [-0.3, -0.25) is 0 Å². The third-order valence-corrected chi connectivity index (χ3v) is 4.10. The average Bonchev–Trinajstić information content (AvgIpc) is 2.36. The van der Waals surface area contributed by atoms with E-state index < -0.39 is 0 Å². The molecule has 1 aliphatic rings. The molecule has 0 N–H and O–H groups in total. The van der Waals surface area contributed by atoms with Crippen LogP contribution in [0.5, 0.6) is 0 Å². The van der Waals surface area contributed by atoms with Crippen LogP contribution in [0, 0.1) is 5.92 Å². The number of nitrogens with zero attached hydrogens (tertiary/aromatic N) is 2. The molecule has 2 nitrogen and oxygen atoms in total. The zero-order valence-electron chi connectivity index (χ0n) is 6.19. The molecule has 1 aliphatic carbocycles. The van der Waals surface area contributed by atoms with E-state index in [4.69, 9.17) is 0 Å². The lowest BCUT2D eigenvalue weighted by Crippen LogP contribution is -2.12. The van der Waals surface area contributed by atoms with Crippen LogP contribution in [0.2, 0.25) is 0 Å². The minimum atomic E-state index is 0.962. The first-order chi connectivity index (χ1) is 5.45. The molecule has 0 aliphatic heterocycles. The fourth-order valence-electron chi connectivity index (χ4n) is 1.07.